The zero-order valence-corrected chi connectivity index (χ0v) is 14.3. The largest absolute Gasteiger partial charge is 0.292 e. The smallest absolute Gasteiger partial charge is 0.249 e. The van der Waals surface area contributed by atoms with Crippen molar-refractivity contribution >= 4 is 27.3 Å². The molecule has 3 rings (SSSR count). The molecule has 26 heavy (non-hydrogen) atoms. The molecule has 3 aromatic rings. The number of nitriles is 1. The molecule has 0 saturated carbocycles. The molecule has 0 saturated heterocycles. The Morgan fingerprint density at radius 1 is 1.35 bits per heavy atom. The van der Waals surface area contributed by atoms with E-state index in [2.05, 4.69) is 15.4 Å². The van der Waals surface area contributed by atoms with Crippen LogP contribution in [0.5, 0.6) is 0 Å². The summed E-state index contributed by atoms with van der Waals surface area (Å²) in [6, 6.07) is 9.35. The molecule has 0 atom stereocenters. The Bertz CT molecular complexity index is 1160. The lowest BCUT2D eigenvalue weighted by Crippen LogP contribution is -2.22. The van der Waals surface area contributed by atoms with Gasteiger partial charge in [0.15, 0.2) is 15.5 Å². The number of nitrogens with zero attached hydrogens (tertiary/aromatic N) is 4. The summed E-state index contributed by atoms with van der Waals surface area (Å²) in [6.45, 7) is 0. The minimum Gasteiger partial charge on any atom is -0.292 e. The average Bonchev–Trinajstić information content (AvgIpc) is 2.93. The van der Waals surface area contributed by atoms with Crippen molar-refractivity contribution in [1.82, 2.24) is 14.6 Å². The fourth-order valence-corrected chi connectivity index (χ4v) is 2.92. The van der Waals surface area contributed by atoms with Gasteiger partial charge in [0.25, 0.3) is 0 Å². The fraction of sp³-hybridized carbons (Fsp3) is 0.125. The van der Waals surface area contributed by atoms with Crippen LogP contribution in [0.3, 0.4) is 0 Å². The number of halogens is 1. The van der Waals surface area contributed by atoms with E-state index in [4.69, 9.17) is 5.26 Å². The molecule has 0 unspecified atom stereocenters. The van der Waals surface area contributed by atoms with Crippen LogP contribution < -0.4 is 5.32 Å². The Labute approximate surface area is 147 Å². The van der Waals surface area contributed by atoms with Crippen LogP contribution in [0.25, 0.3) is 16.8 Å². The molecular formula is C16H12FN5O3S. The molecule has 0 aliphatic heterocycles. The highest BCUT2D eigenvalue weighted by molar-refractivity contribution is 7.91. The highest BCUT2D eigenvalue weighted by Crippen LogP contribution is 2.25. The Kier molecular flexibility index (Phi) is 4.40. The molecule has 0 fully saturated rings. The molecule has 0 aliphatic rings. The van der Waals surface area contributed by atoms with Crippen LogP contribution in [0.1, 0.15) is 5.56 Å². The number of nitrogens with one attached hydrogen (secondary N) is 1. The monoisotopic (exact) mass is 373 g/mol. The number of benzene rings is 1. The third-order valence-electron chi connectivity index (χ3n) is 3.41. The second-order valence-electron chi connectivity index (χ2n) is 5.55. The van der Waals surface area contributed by atoms with Gasteiger partial charge in [0.05, 0.1) is 5.56 Å². The molecule has 1 aromatic carbocycles. The van der Waals surface area contributed by atoms with Gasteiger partial charge in [-0.05, 0) is 18.2 Å². The van der Waals surface area contributed by atoms with E-state index >= 15 is 0 Å². The minimum absolute atomic E-state index is 0.0597. The summed E-state index contributed by atoms with van der Waals surface area (Å²) >= 11 is 0. The van der Waals surface area contributed by atoms with Gasteiger partial charge < -0.3 is 0 Å². The number of carbonyl (C=O) groups excluding carboxylic acids is 1. The third kappa shape index (κ3) is 3.68. The first-order valence-electron chi connectivity index (χ1n) is 7.30. The predicted octanol–water partition coefficient (Wildman–Crippen LogP) is 1.39. The van der Waals surface area contributed by atoms with Gasteiger partial charge in [-0.2, -0.15) is 10.2 Å². The van der Waals surface area contributed by atoms with Crippen molar-refractivity contribution in [2.45, 2.75) is 0 Å². The summed E-state index contributed by atoms with van der Waals surface area (Å²) in [5, 5.41) is 15.5. The van der Waals surface area contributed by atoms with Crippen LogP contribution in [0.4, 0.5) is 10.3 Å². The first-order valence-corrected chi connectivity index (χ1v) is 9.36. The van der Waals surface area contributed by atoms with Gasteiger partial charge in [-0.25, -0.2) is 17.3 Å². The molecule has 8 nitrogen and oxygen atoms in total. The van der Waals surface area contributed by atoms with Gasteiger partial charge in [-0.1, -0.05) is 12.1 Å². The second kappa shape index (κ2) is 6.53. The van der Waals surface area contributed by atoms with E-state index in [1.54, 1.807) is 18.2 Å². The van der Waals surface area contributed by atoms with Gasteiger partial charge in [0, 0.05) is 23.6 Å². The number of hydrogen-bond donors (Lipinski definition) is 1. The molecule has 0 spiro atoms. The number of pyridine rings is 1. The van der Waals surface area contributed by atoms with Crippen molar-refractivity contribution < 1.29 is 17.6 Å². The van der Waals surface area contributed by atoms with E-state index in [0.29, 0.717) is 16.8 Å². The maximum atomic E-state index is 13.8. The van der Waals surface area contributed by atoms with Gasteiger partial charge in [-0.3, -0.25) is 10.1 Å². The van der Waals surface area contributed by atoms with Crippen molar-refractivity contribution in [2.75, 3.05) is 17.3 Å². The Hall–Kier alpha value is -3.32. The molecule has 0 radical (unpaired) electrons. The molecule has 1 N–H and O–H groups in total. The number of anilines is 1. The molecule has 132 valence electrons. The lowest BCUT2D eigenvalue weighted by molar-refractivity contribution is -0.113. The second-order valence-corrected chi connectivity index (χ2v) is 7.69. The highest BCUT2D eigenvalue weighted by Gasteiger charge is 2.15. The van der Waals surface area contributed by atoms with Crippen molar-refractivity contribution in [3.8, 4) is 17.2 Å². The summed E-state index contributed by atoms with van der Waals surface area (Å²) in [5.41, 5.74) is 1.23. The summed E-state index contributed by atoms with van der Waals surface area (Å²) < 4.78 is 37.4. The summed E-state index contributed by atoms with van der Waals surface area (Å²) in [6.07, 6.45) is 2.48. The van der Waals surface area contributed by atoms with Gasteiger partial charge in [-0.15, -0.1) is 5.10 Å². The number of aromatic nitrogens is 3. The summed E-state index contributed by atoms with van der Waals surface area (Å²) in [7, 11) is -3.47. The zero-order valence-electron chi connectivity index (χ0n) is 13.5. The Morgan fingerprint density at radius 3 is 2.81 bits per heavy atom. The maximum Gasteiger partial charge on any atom is 0.249 e. The number of sulfone groups is 1. The summed E-state index contributed by atoms with van der Waals surface area (Å²) in [4.78, 5) is 15.7. The van der Waals surface area contributed by atoms with E-state index in [1.807, 2.05) is 6.07 Å². The zero-order chi connectivity index (χ0) is 18.9. The van der Waals surface area contributed by atoms with Crippen molar-refractivity contribution in [2.24, 2.45) is 0 Å². The molecule has 2 heterocycles. The van der Waals surface area contributed by atoms with Crippen LogP contribution >= 0.6 is 0 Å². The molecular weight excluding hydrogens is 361 g/mol. The maximum absolute atomic E-state index is 13.8. The minimum atomic E-state index is -3.47. The summed E-state index contributed by atoms with van der Waals surface area (Å²) in [5.74, 6) is -2.11. The Morgan fingerprint density at radius 2 is 2.12 bits per heavy atom. The molecule has 0 bridgehead atoms. The van der Waals surface area contributed by atoms with Crippen LogP contribution in [-0.4, -0.2) is 40.9 Å². The number of fused-ring (bicyclic) bond motifs is 1. The van der Waals surface area contributed by atoms with E-state index < -0.39 is 27.3 Å². The average molecular weight is 373 g/mol. The van der Waals surface area contributed by atoms with Crippen molar-refractivity contribution in [3.63, 3.8) is 0 Å². The lowest BCUT2D eigenvalue weighted by atomic mass is 10.0. The molecule has 10 heteroatoms. The van der Waals surface area contributed by atoms with Gasteiger partial charge >= 0.3 is 0 Å². The molecule has 2 aromatic heterocycles. The number of hydrogen-bond acceptors (Lipinski definition) is 6. The van der Waals surface area contributed by atoms with E-state index in [0.717, 1.165) is 6.26 Å². The SMILES string of the molecule is CS(=O)(=O)CC(=O)Nc1nc2ccc(-c3cccc(F)c3C#N)cn2n1. The van der Waals surface area contributed by atoms with Crippen molar-refractivity contribution in [3.05, 3.63) is 47.9 Å². The first kappa shape index (κ1) is 17.5. The Balaban J connectivity index is 1.95. The third-order valence-corrected chi connectivity index (χ3v) is 4.20. The highest BCUT2D eigenvalue weighted by atomic mass is 32.2. The number of carbonyl (C=O) groups is 1. The van der Waals surface area contributed by atoms with Crippen LogP contribution in [-0.2, 0) is 14.6 Å². The number of rotatable bonds is 4. The van der Waals surface area contributed by atoms with Crippen molar-refractivity contribution in [1.29, 1.82) is 5.26 Å². The first-order chi connectivity index (χ1) is 12.3. The molecule has 1 amide bonds. The molecule has 0 aliphatic carbocycles. The predicted molar refractivity (Wildman–Crippen MR) is 91.4 cm³/mol. The van der Waals surface area contributed by atoms with Crippen LogP contribution in [0, 0.1) is 17.1 Å². The van der Waals surface area contributed by atoms with E-state index in [1.165, 1.54) is 22.8 Å². The topological polar surface area (TPSA) is 117 Å². The van der Waals surface area contributed by atoms with Gasteiger partial charge in [0.2, 0.25) is 11.9 Å². The van der Waals surface area contributed by atoms with Crippen LogP contribution in [0.15, 0.2) is 36.5 Å². The standard InChI is InChI=1S/C16H12FN5O3S/c1-26(24,25)9-15(23)20-16-19-14-6-5-10(8-22(14)21-16)11-3-2-4-13(17)12(11)7-18/h2-6,8H,9H2,1H3,(H,20,21,23). The van der Waals surface area contributed by atoms with Crippen LogP contribution in [0.2, 0.25) is 0 Å². The fourth-order valence-electron chi connectivity index (χ4n) is 2.37. The number of amides is 1. The lowest BCUT2D eigenvalue weighted by Gasteiger charge is -2.05. The van der Waals surface area contributed by atoms with Gasteiger partial charge in [0.1, 0.15) is 17.6 Å². The van der Waals surface area contributed by atoms with E-state index in [-0.39, 0.29) is 11.5 Å². The normalized spacial score (nSPS) is 11.3. The van der Waals surface area contributed by atoms with E-state index in [9.17, 15) is 17.6 Å². The quantitative estimate of drug-likeness (QED) is 0.738.